The van der Waals surface area contributed by atoms with Crippen LogP contribution >= 0.6 is 0 Å². The minimum absolute atomic E-state index is 0.109. The van der Waals surface area contributed by atoms with E-state index in [2.05, 4.69) is 40.7 Å². The maximum atomic E-state index is 15.6. The molecule has 12 heterocycles. The first-order valence-corrected chi connectivity index (χ1v) is 32.6. The second-order valence-electron chi connectivity index (χ2n) is 30.5. The van der Waals surface area contributed by atoms with Gasteiger partial charge in [-0.05, 0) is 111 Å². The van der Waals surface area contributed by atoms with Gasteiger partial charge in [-0.1, -0.05) is 53.2 Å². The van der Waals surface area contributed by atoms with Gasteiger partial charge in [-0.15, -0.1) is 0 Å². The molecule has 0 aromatic rings. The van der Waals surface area contributed by atoms with E-state index in [0.717, 1.165) is 12.5 Å². The van der Waals surface area contributed by atoms with Gasteiger partial charge in [0.25, 0.3) is 0 Å². The average molecular weight is 1320 g/mol. The van der Waals surface area contributed by atoms with Crippen molar-refractivity contribution in [2.75, 3.05) is 33.0 Å². The van der Waals surface area contributed by atoms with Crippen LogP contribution in [-0.4, -0.2) is 275 Å². The fourth-order valence-corrected chi connectivity index (χ4v) is 18.5. The van der Waals surface area contributed by atoms with Gasteiger partial charge in [0.2, 0.25) is 6.29 Å². The maximum Gasteiger partial charge on any atom is 0.315 e. The highest BCUT2D eigenvalue weighted by Gasteiger charge is 2.72. The molecule has 12 bridgehead atoms. The van der Waals surface area contributed by atoms with Gasteiger partial charge >= 0.3 is 17.9 Å². The highest BCUT2D eigenvalue weighted by atomic mass is 16.8. The Bertz CT molecular complexity index is 2700. The summed E-state index contributed by atoms with van der Waals surface area (Å²) in [6.07, 6.45) is -36.9. The monoisotopic (exact) mass is 1320 g/mol. The number of carbonyl (C=O) groups excluding carboxylic acids is 3. The molecule has 92 heavy (non-hydrogen) atoms. The predicted octanol–water partition coefficient (Wildman–Crippen LogP) is -2.68. The second-order valence-corrected chi connectivity index (χ2v) is 30.5. The summed E-state index contributed by atoms with van der Waals surface area (Å²) in [6, 6.07) is 0. The van der Waals surface area contributed by atoms with Crippen molar-refractivity contribution in [3.8, 4) is 0 Å². The van der Waals surface area contributed by atoms with Gasteiger partial charge in [-0.3, -0.25) is 14.4 Å². The maximum absolute atomic E-state index is 15.6. The van der Waals surface area contributed by atoms with Gasteiger partial charge in [0.1, 0.15) is 79.4 Å². The summed E-state index contributed by atoms with van der Waals surface area (Å²) in [5.41, 5.74) is -5.49. The Hall–Kier alpha value is -2.77. The van der Waals surface area contributed by atoms with E-state index in [1.807, 2.05) is 6.92 Å². The molecule has 524 valence electrons. The van der Waals surface area contributed by atoms with E-state index in [0.29, 0.717) is 51.4 Å². The molecule has 17 rings (SSSR count). The zero-order chi connectivity index (χ0) is 66.9. The van der Waals surface area contributed by atoms with Crippen molar-refractivity contribution in [1.82, 2.24) is 0 Å². The number of aliphatic hydroxyl groups excluding tert-OH is 13. The van der Waals surface area contributed by atoms with Crippen LogP contribution in [0.2, 0.25) is 0 Å². The van der Waals surface area contributed by atoms with Crippen LogP contribution in [0.1, 0.15) is 126 Å². The van der Waals surface area contributed by atoms with Crippen molar-refractivity contribution < 1.29 is 143 Å². The molecule has 5 aliphatic carbocycles. The Kier molecular flexibility index (Phi) is 19.8. The van der Waals surface area contributed by atoms with Gasteiger partial charge in [0.15, 0.2) is 43.5 Å². The third-order valence-corrected chi connectivity index (χ3v) is 24.0. The molecule has 0 radical (unpaired) electrons. The topological polar surface area (TPSA) is 445 Å². The summed E-state index contributed by atoms with van der Waals surface area (Å²) in [4.78, 5) is 43.1. The van der Waals surface area contributed by atoms with E-state index in [9.17, 15) is 81.1 Å². The van der Waals surface area contributed by atoms with Gasteiger partial charge in [0.05, 0.1) is 75.2 Å². The zero-order valence-corrected chi connectivity index (χ0v) is 53.4. The lowest BCUT2D eigenvalue weighted by molar-refractivity contribution is -0.377. The van der Waals surface area contributed by atoms with E-state index < -0.39 is 244 Å². The number of aliphatic hydroxyl groups is 14. The molecule has 0 aromatic carbocycles. The van der Waals surface area contributed by atoms with E-state index >= 15 is 4.79 Å². The molecule has 29 nitrogen and oxygen atoms in total. The highest BCUT2D eigenvalue weighted by molar-refractivity contribution is 5.79. The Morgan fingerprint density at radius 1 is 0.565 bits per heavy atom. The lowest BCUT2D eigenvalue weighted by atomic mass is 9.33. The third kappa shape index (κ3) is 12.1. The summed E-state index contributed by atoms with van der Waals surface area (Å²) in [5.74, 6) is -3.90. The minimum atomic E-state index is -2.29. The number of esters is 3. The first-order chi connectivity index (χ1) is 43.1. The average Bonchev–Trinajstić information content (AvgIpc) is 0.674. The van der Waals surface area contributed by atoms with Crippen LogP contribution in [0.15, 0.2) is 11.6 Å². The van der Waals surface area contributed by atoms with Crippen LogP contribution in [0.3, 0.4) is 0 Å². The number of carbonyl (C=O) groups is 3. The molecule has 15 unspecified atom stereocenters. The molecule has 17 aliphatic rings. The molecular formula is C63H98O29. The molecule has 0 aromatic heterocycles. The van der Waals surface area contributed by atoms with Crippen molar-refractivity contribution in [3.05, 3.63) is 11.6 Å². The fourth-order valence-electron chi connectivity index (χ4n) is 18.5. The zero-order valence-electron chi connectivity index (χ0n) is 53.4. The van der Waals surface area contributed by atoms with Crippen LogP contribution in [0, 0.1) is 50.2 Å². The Balaban J connectivity index is 0.951. The Morgan fingerprint density at radius 3 is 1.90 bits per heavy atom. The standard InChI is InChI=1S/C63H98O29/c1-26-46-47(88-51-43(76)38(71)30(67)22-81-51)45(78)53(84-26)90-48-39(72)31(68)23-82-54(48)92-56(79)63-15-13-57(2,3)17-28(63)27-9-10-35-59(5)18-29(66)50(60(6,25-65)34(59)11-12-62(35,8)61(27,7)14-16-63)91-55-49(42(75)40(73)32(21-64)86-55)89-52-44(77)41(74)33(24-83-52)85-36(69)19-58(4,80)20-37(70)87-46/h9,26,28-35,38-55,64-68,71-78,80H,10-25H2,1-8H3/t26?,28-,29-,30?,31?,32+,33-,34?,35?,38?,39?,40?,41-,42?,43?,44+,45?,46-,47?,48?,49?,50-,51?,52-,53-,54-,55-,58-,59-,60-,61+,62+,63-/m0/s1. The van der Waals surface area contributed by atoms with Crippen LogP contribution in [0.5, 0.6) is 0 Å². The van der Waals surface area contributed by atoms with Gasteiger partial charge < -0.3 is 128 Å². The highest BCUT2D eigenvalue weighted by Crippen LogP contribution is 2.76. The smallest absolute Gasteiger partial charge is 0.315 e. The van der Waals surface area contributed by atoms with Crippen LogP contribution < -0.4 is 0 Å². The molecule has 8 saturated heterocycles. The number of ether oxygens (including phenoxy) is 12. The summed E-state index contributed by atoms with van der Waals surface area (Å²) >= 11 is 0. The molecule has 14 N–H and O–H groups in total. The van der Waals surface area contributed by atoms with Crippen LogP contribution in [0.25, 0.3) is 0 Å². The van der Waals surface area contributed by atoms with E-state index in [1.165, 1.54) is 6.92 Å². The quantitative estimate of drug-likeness (QED) is 0.0590. The predicted molar refractivity (Wildman–Crippen MR) is 306 cm³/mol. The number of allylic oxidation sites excluding steroid dienone is 2. The lowest BCUT2D eigenvalue weighted by Crippen LogP contribution is -2.70. The number of hydrogen-bond acceptors (Lipinski definition) is 29. The van der Waals surface area contributed by atoms with Gasteiger partial charge in [-0.2, -0.15) is 0 Å². The van der Waals surface area contributed by atoms with Crippen molar-refractivity contribution >= 4 is 17.9 Å². The van der Waals surface area contributed by atoms with Crippen molar-refractivity contribution in [1.29, 1.82) is 0 Å². The molecule has 0 amide bonds. The number of rotatable bonds is 4. The summed E-state index contributed by atoms with van der Waals surface area (Å²) in [5, 5.41) is 159. The first kappa shape index (κ1) is 70.5. The van der Waals surface area contributed by atoms with Crippen LogP contribution in [0.4, 0.5) is 0 Å². The van der Waals surface area contributed by atoms with Gasteiger partial charge in [0, 0.05) is 5.41 Å². The van der Waals surface area contributed by atoms with E-state index in [4.69, 9.17) is 56.8 Å². The summed E-state index contributed by atoms with van der Waals surface area (Å²) in [6.45, 7) is 12.2. The van der Waals surface area contributed by atoms with E-state index in [1.54, 1.807) is 0 Å². The Morgan fingerprint density at radius 2 is 1.21 bits per heavy atom. The minimum Gasteiger partial charge on any atom is -0.457 e. The normalized spacial score (nSPS) is 54.4. The molecule has 12 fully saturated rings. The molecule has 33 atom stereocenters. The third-order valence-electron chi connectivity index (χ3n) is 24.0. The van der Waals surface area contributed by atoms with Crippen molar-refractivity contribution in [2.24, 2.45) is 50.2 Å². The lowest BCUT2D eigenvalue weighted by Gasteiger charge is -2.72. The molecule has 29 heteroatoms. The second kappa shape index (κ2) is 25.8. The van der Waals surface area contributed by atoms with Gasteiger partial charge in [-0.25, -0.2) is 0 Å². The SMILES string of the molecule is CC1O[C@H]2OC3C(O)C(O)CO[C@H]3OC(=O)[C@]34CCC(C)(C)C[C@H]3C3=CCC5[C@@]6(C)C[C@H](O)[C@H](O[C@@H]7O[C@H](CO)C(O)C(O)C7O[C@@H]7OC[C@H](OC(=O)C[C@](C)(O)CC(=O)O[C@@H]1C(OC1OCC(O)C(O)C1O)C2O)[C@H](O)[C@H]7O)[C@@](C)(CO)C6CC[C@@]5(C)[C@]3(C)CC4. The fraction of sp³-hybridized carbons (Fsp3) is 0.921. The molecule has 12 aliphatic heterocycles. The van der Waals surface area contributed by atoms with E-state index in [-0.39, 0.29) is 29.6 Å². The van der Waals surface area contributed by atoms with Crippen molar-refractivity contribution in [2.45, 2.75) is 279 Å². The van der Waals surface area contributed by atoms with Crippen molar-refractivity contribution in [3.63, 3.8) is 0 Å². The Labute approximate surface area is 533 Å². The summed E-state index contributed by atoms with van der Waals surface area (Å²) in [7, 11) is 0. The molecule has 4 saturated carbocycles. The summed E-state index contributed by atoms with van der Waals surface area (Å²) < 4.78 is 72.3. The molecular weight excluding hydrogens is 1220 g/mol. The largest absolute Gasteiger partial charge is 0.457 e. The number of hydrogen-bond donors (Lipinski definition) is 14. The molecule has 1 spiro atoms. The first-order valence-electron chi connectivity index (χ1n) is 32.6. The van der Waals surface area contributed by atoms with Crippen LogP contribution in [-0.2, 0) is 71.2 Å².